The minimum atomic E-state index is 0.339. The molecule has 3 N–H and O–H groups in total. The number of nitrogens with zero attached hydrogens (tertiary/aromatic N) is 1. The van der Waals surface area contributed by atoms with Gasteiger partial charge >= 0.3 is 0 Å². The monoisotopic (exact) mass is 169 g/mol. The molecule has 3 heteroatoms. The van der Waals surface area contributed by atoms with Crippen molar-refractivity contribution >= 4 is 0 Å². The smallest absolute Gasteiger partial charge is 0.0381 e. The fourth-order valence-corrected chi connectivity index (χ4v) is 2.72. The number of rotatable bonds is 0. The molecule has 1 spiro atoms. The Balaban J connectivity index is 2.14. The summed E-state index contributed by atoms with van der Waals surface area (Å²) < 4.78 is 0. The first kappa shape index (κ1) is 8.48. The first-order chi connectivity index (χ1) is 5.76. The lowest BCUT2D eigenvalue weighted by molar-refractivity contribution is 0.114. The van der Waals surface area contributed by atoms with Crippen molar-refractivity contribution in [1.82, 2.24) is 10.2 Å². The van der Waals surface area contributed by atoms with Crippen LogP contribution in [-0.2, 0) is 0 Å². The van der Waals surface area contributed by atoms with Crippen molar-refractivity contribution in [3.8, 4) is 0 Å². The van der Waals surface area contributed by atoms with E-state index in [4.69, 9.17) is 5.73 Å². The maximum Gasteiger partial charge on any atom is 0.0381 e. The van der Waals surface area contributed by atoms with Gasteiger partial charge in [0.25, 0.3) is 0 Å². The van der Waals surface area contributed by atoms with E-state index in [1.807, 2.05) is 0 Å². The van der Waals surface area contributed by atoms with Crippen LogP contribution in [0.2, 0.25) is 0 Å². The average Bonchev–Trinajstić information content (AvgIpc) is 2.36. The summed E-state index contributed by atoms with van der Waals surface area (Å²) in [6, 6.07) is 0.407. The maximum absolute atomic E-state index is 6.17. The number of likely N-dealkylation sites (tertiary alicyclic amines) is 1. The highest BCUT2D eigenvalue weighted by atomic mass is 15.2. The Hall–Kier alpha value is -0.120. The molecule has 1 atom stereocenters. The van der Waals surface area contributed by atoms with Gasteiger partial charge in [-0.05, 0) is 45.9 Å². The van der Waals surface area contributed by atoms with Crippen LogP contribution < -0.4 is 11.1 Å². The normalized spacial score (nSPS) is 36.0. The Morgan fingerprint density at radius 2 is 2.08 bits per heavy atom. The second kappa shape index (κ2) is 2.98. The van der Waals surface area contributed by atoms with Crippen LogP contribution in [0.4, 0.5) is 0 Å². The highest BCUT2D eigenvalue weighted by molar-refractivity contribution is 5.05. The molecule has 0 saturated carbocycles. The summed E-state index contributed by atoms with van der Waals surface area (Å²) in [7, 11) is 2.22. The highest BCUT2D eigenvalue weighted by Gasteiger charge is 2.45. The molecule has 2 heterocycles. The lowest BCUT2D eigenvalue weighted by Gasteiger charge is -2.42. The summed E-state index contributed by atoms with van der Waals surface area (Å²) in [5.41, 5.74) is 6.50. The van der Waals surface area contributed by atoms with E-state index in [0.29, 0.717) is 11.6 Å². The van der Waals surface area contributed by atoms with Gasteiger partial charge in [-0.2, -0.15) is 0 Å². The molecule has 0 aromatic carbocycles. The summed E-state index contributed by atoms with van der Waals surface area (Å²) in [5, 5.41) is 3.39. The van der Waals surface area contributed by atoms with Gasteiger partial charge in [-0.25, -0.2) is 0 Å². The number of hydrogen-bond acceptors (Lipinski definition) is 3. The van der Waals surface area contributed by atoms with Crippen LogP contribution in [0.15, 0.2) is 0 Å². The third kappa shape index (κ3) is 1.08. The summed E-state index contributed by atoms with van der Waals surface area (Å²) in [4.78, 5) is 2.47. The van der Waals surface area contributed by atoms with Crippen molar-refractivity contribution in [1.29, 1.82) is 0 Å². The van der Waals surface area contributed by atoms with E-state index < -0.39 is 0 Å². The molecule has 3 nitrogen and oxygen atoms in total. The van der Waals surface area contributed by atoms with Crippen molar-refractivity contribution in [2.24, 2.45) is 5.73 Å². The summed E-state index contributed by atoms with van der Waals surface area (Å²) in [6.45, 7) is 3.46. The van der Waals surface area contributed by atoms with Crippen LogP contribution in [-0.4, -0.2) is 43.2 Å². The number of piperidine rings is 1. The van der Waals surface area contributed by atoms with Crippen LogP contribution in [0.5, 0.6) is 0 Å². The van der Waals surface area contributed by atoms with Gasteiger partial charge < -0.3 is 11.1 Å². The SMILES string of the molecule is CN1CCC(N)C12CCNCC2. The van der Waals surface area contributed by atoms with Crippen molar-refractivity contribution in [3.05, 3.63) is 0 Å². The second-order valence-corrected chi connectivity index (χ2v) is 4.17. The topological polar surface area (TPSA) is 41.3 Å². The van der Waals surface area contributed by atoms with Gasteiger partial charge in [0.1, 0.15) is 0 Å². The molecule has 2 rings (SSSR count). The zero-order chi connectivity index (χ0) is 8.60. The van der Waals surface area contributed by atoms with Crippen molar-refractivity contribution in [3.63, 3.8) is 0 Å². The molecule has 12 heavy (non-hydrogen) atoms. The lowest BCUT2D eigenvalue weighted by atomic mass is 9.82. The second-order valence-electron chi connectivity index (χ2n) is 4.17. The molecule has 0 aromatic heterocycles. The first-order valence-electron chi connectivity index (χ1n) is 4.93. The predicted molar refractivity (Wildman–Crippen MR) is 50.1 cm³/mol. The number of likely N-dealkylation sites (N-methyl/N-ethyl adjacent to an activating group) is 1. The minimum Gasteiger partial charge on any atom is -0.326 e. The van der Waals surface area contributed by atoms with Crippen molar-refractivity contribution in [2.45, 2.75) is 30.8 Å². The largest absolute Gasteiger partial charge is 0.326 e. The molecule has 2 aliphatic rings. The highest BCUT2D eigenvalue weighted by Crippen LogP contribution is 2.34. The van der Waals surface area contributed by atoms with E-state index >= 15 is 0 Å². The van der Waals surface area contributed by atoms with Gasteiger partial charge in [0.2, 0.25) is 0 Å². The molecule has 2 fully saturated rings. The number of hydrogen-bond donors (Lipinski definition) is 2. The molecule has 2 saturated heterocycles. The van der Waals surface area contributed by atoms with Gasteiger partial charge in [-0.1, -0.05) is 0 Å². The van der Waals surface area contributed by atoms with Crippen LogP contribution in [0, 0.1) is 0 Å². The Morgan fingerprint density at radius 1 is 1.42 bits per heavy atom. The van der Waals surface area contributed by atoms with Crippen LogP contribution in [0.25, 0.3) is 0 Å². The molecule has 2 aliphatic heterocycles. The van der Waals surface area contributed by atoms with E-state index in [1.54, 1.807) is 0 Å². The minimum absolute atomic E-state index is 0.339. The Kier molecular flexibility index (Phi) is 2.10. The summed E-state index contributed by atoms with van der Waals surface area (Å²) >= 11 is 0. The van der Waals surface area contributed by atoms with Crippen molar-refractivity contribution < 1.29 is 0 Å². The maximum atomic E-state index is 6.17. The van der Waals surface area contributed by atoms with E-state index in [2.05, 4.69) is 17.3 Å². The molecule has 0 radical (unpaired) electrons. The van der Waals surface area contributed by atoms with Gasteiger partial charge in [-0.3, -0.25) is 4.90 Å². The van der Waals surface area contributed by atoms with Crippen LogP contribution in [0.3, 0.4) is 0 Å². The third-order valence-corrected chi connectivity index (χ3v) is 3.70. The third-order valence-electron chi connectivity index (χ3n) is 3.70. The van der Waals surface area contributed by atoms with E-state index in [9.17, 15) is 0 Å². The predicted octanol–water partition coefficient (Wildman–Crippen LogP) is -0.229. The fourth-order valence-electron chi connectivity index (χ4n) is 2.72. The molecule has 0 amide bonds. The summed E-state index contributed by atoms with van der Waals surface area (Å²) in [5.74, 6) is 0. The van der Waals surface area contributed by atoms with E-state index in [-0.39, 0.29) is 0 Å². The molecular weight excluding hydrogens is 150 g/mol. The average molecular weight is 169 g/mol. The van der Waals surface area contributed by atoms with Gasteiger partial charge in [0, 0.05) is 11.6 Å². The number of nitrogens with two attached hydrogens (primary N) is 1. The van der Waals surface area contributed by atoms with E-state index in [1.165, 1.54) is 25.8 Å². The van der Waals surface area contributed by atoms with E-state index in [0.717, 1.165) is 13.1 Å². The quantitative estimate of drug-likeness (QED) is 0.526. The molecular formula is C9H19N3. The summed E-state index contributed by atoms with van der Waals surface area (Å²) in [6.07, 6.45) is 3.63. The lowest BCUT2D eigenvalue weighted by Crippen LogP contribution is -2.57. The molecule has 0 aliphatic carbocycles. The molecule has 0 aromatic rings. The van der Waals surface area contributed by atoms with Gasteiger partial charge in [-0.15, -0.1) is 0 Å². The molecule has 0 bridgehead atoms. The first-order valence-corrected chi connectivity index (χ1v) is 4.93. The number of nitrogens with one attached hydrogen (secondary N) is 1. The zero-order valence-corrected chi connectivity index (χ0v) is 7.84. The fraction of sp³-hybridized carbons (Fsp3) is 1.00. The van der Waals surface area contributed by atoms with Crippen LogP contribution >= 0.6 is 0 Å². The standard InChI is InChI=1S/C9H19N3/c1-12-7-2-8(10)9(12)3-5-11-6-4-9/h8,11H,2-7,10H2,1H3. The molecule has 70 valence electrons. The zero-order valence-electron chi connectivity index (χ0n) is 7.84. The van der Waals surface area contributed by atoms with Gasteiger partial charge in [0.15, 0.2) is 0 Å². The van der Waals surface area contributed by atoms with Crippen LogP contribution in [0.1, 0.15) is 19.3 Å². The molecule has 1 unspecified atom stereocenters. The van der Waals surface area contributed by atoms with Gasteiger partial charge in [0.05, 0.1) is 0 Å². The van der Waals surface area contributed by atoms with Crippen molar-refractivity contribution in [2.75, 3.05) is 26.7 Å². The Morgan fingerprint density at radius 3 is 2.58 bits per heavy atom. The Labute approximate surface area is 74.3 Å². The Bertz CT molecular complexity index is 151.